The molecule has 0 spiro atoms. The number of anilines is 1. The van der Waals surface area contributed by atoms with Crippen molar-refractivity contribution in [2.45, 2.75) is 25.6 Å². The molecule has 0 fully saturated rings. The molecule has 1 aliphatic heterocycles. The molecule has 11 nitrogen and oxygen atoms in total. The summed E-state index contributed by atoms with van der Waals surface area (Å²) in [6.07, 6.45) is 2.77. The van der Waals surface area contributed by atoms with E-state index in [1.165, 1.54) is 42.6 Å². The van der Waals surface area contributed by atoms with Crippen LogP contribution in [0, 0.1) is 5.82 Å². The number of hydrogen-bond acceptors (Lipinski definition) is 9. The van der Waals surface area contributed by atoms with E-state index in [1.807, 2.05) is 0 Å². The summed E-state index contributed by atoms with van der Waals surface area (Å²) in [4.78, 5) is 36.5. The van der Waals surface area contributed by atoms with Crippen LogP contribution >= 0.6 is 11.6 Å². The number of rotatable bonds is 10. The van der Waals surface area contributed by atoms with Crippen molar-refractivity contribution in [1.29, 1.82) is 0 Å². The highest BCUT2D eigenvalue weighted by molar-refractivity contribution is 6.33. The second kappa shape index (κ2) is 12.2. The molecule has 1 aliphatic rings. The number of aliphatic hydroxyl groups excluding tert-OH is 1. The number of methoxy groups -OCH3 is 1. The maximum Gasteiger partial charge on any atom is 0.255 e. The Morgan fingerprint density at radius 1 is 1.32 bits per heavy atom. The zero-order valence-corrected chi connectivity index (χ0v) is 22.8. The third-order valence-corrected chi connectivity index (χ3v) is 6.80. The lowest BCUT2D eigenvalue weighted by Crippen LogP contribution is -2.46. The van der Waals surface area contributed by atoms with Crippen LogP contribution in [0.15, 0.2) is 54.6 Å². The minimum absolute atomic E-state index is 0.206. The van der Waals surface area contributed by atoms with E-state index >= 15 is 0 Å². The van der Waals surface area contributed by atoms with E-state index in [2.05, 4.69) is 25.9 Å². The van der Waals surface area contributed by atoms with Gasteiger partial charge in [-0.25, -0.2) is 14.4 Å². The molecule has 1 aromatic heterocycles. The number of fused-ring (bicyclic) bond motifs is 1. The number of amides is 2. The first-order valence-corrected chi connectivity index (χ1v) is 12.7. The van der Waals surface area contributed by atoms with E-state index in [0.29, 0.717) is 28.2 Å². The zero-order chi connectivity index (χ0) is 29.0. The Morgan fingerprint density at radius 3 is 2.77 bits per heavy atom. The number of carbonyl (C=O) groups excluding carboxylic acids is 2. The van der Waals surface area contributed by atoms with Gasteiger partial charge >= 0.3 is 0 Å². The van der Waals surface area contributed by atoms with Crippen LogP contribution in [-0.4, -0.2) is 58.6 Å². The molecule has 210 valence electrons. The number of nitrogens with two attached hydrogens (primary N) is 1. The van der Waals surface area contributed by atoms with Crippen molar-refractivity contribution < 1.29 is 23.8 Å². The molecule has 0 radical (unpaired) electrons. The Hall–Kier alpha value is -4.42. The van der Waals surface area contributed by atoms with Crippen molar-refractivity contribution in [3.8, 4) is 17.0 Å². The molecule has 3 aromatic rings. The predicted molar refractivity (Wildman–Crippen MR) is 148 cm³/mol. The lowest BCUT2D eigenvalue weighted by molar-refractivity contribution is -0.126. The minimum atomic E-state index is -0.897. The topological polar surface area (TPSA) is 155 Å². The molecule has 2 heterocycles. The van der Waals surface area contributed by atoms with Gasteiger partial charge in [0.05, 0.1) is 36.7 Å². The van der Waals surface area contributed by atoms with Gasteiger partial charge in [0.2, 0.25) is 11.9 Å². The van der Waals surface area contributed by atoms with Crippen LogP contribution in [0.1, 0.15) is 34.5 Å². The quantitative estimate of drug-likeness (QED) is 0.248. The van der Waals surface area contributed by atoms with Crippen molar-refractivity contribution >= 4 is 29.4 Å². The second-order valence-corrected chi connectivity index (χ2v) is 9.40. The van der Waals surface area contributed by atoms with Gasteiger partial charge in [-0.1, -0.05) is 23.7 Å². The smallest absolute Gasteiger partial charge is 0.255 e. The molecule has 40 heavy (non-hydrogen) atoms. The lowest BCUT2D eigenvalue weighted by Gasteiger charge is -2.26. The summed E-state index contributed by atoms with van der Waals surface area (Å²) in [6.45, 7) is 1.32. The molecule has 6 N–H and O–H groups in total. The Balaban J connectivity index is 1.53. The number of nitrogens with one attached hydrogen (secondary N) is 3. The number of benzene rings is 2. The van der Waals surface area contributed by atoms with Gasteiger partial charge in [0.25, 0.3) is 5.91 Å². The monoisotopic (exact) mass is 569 g/mol. The molecule has 4 rings (SSSR count). The van der Waals surface area contributed by atoms with Crippen LogP contribution in [0.2, 0.25) is 5.02 Å². The van der Waals surface area contributed by atoms with E-state index in [4.69, 9.17) is 22.1 Å². The molecule has 2 amide bonds. The average Bonchev–Trinajstić information content (AvgIpc) is 3.29. The average molecular weight is 570 g/mol. The summed E-state index contributed by atoms with van der Waals surface area (Å²) in [6, 6.07) is 7.40. The summed E-state index contributed by atoms with van der Waals surface area (Å²) >= 11 is 6.38. The van der Waals surface area contributed by atoms with E-state index in [0.717, 1.165) is 5.56 Å². The van der Waals surface area contributed by atoms with E-state index in [-0.39, 0.29) is 29.2 Å². The summed E-state index contributed by atoms with van der Waals surface area (Å²) in [5, 5.41) is 18.7. The molecule has 0 aliphatic carbocycles. The van der Waals surface area contributed by atoms with Crippen molar-refractivity contribution in [1.82, 2.24) is 25.5 Å². The Bertz CT molecular complexity index is 1470. The van der Waals surface area contributed by atoms with Gasteiger partial charge in [-0.05, 0) is 36.2 Å². The van der Waals surface area contributed by atoms with Crippen molar-refractivity contribution in [2.24, 2.45) is 5.73 Å². The van der Waals surface area contributed by atoms with Gasteiger partial charge in [-0.3, -0.25) is 9.59 Å². The standard InChI is InChI=1S/C27H29ClFN7O4/c1-14(25(38)33-22(13-37)17-6-18(29)9-19(7-17)40-3)36-12-16-5-4-15(8-20(16)26(36)39)24-21(28)11-32-27(35-24)34-23(10-30)31-2/h4-11,14,22,31,37H,12-13,30H2,1-3H3,(H,33,38)(H,32,34,35)/b23-10+/t14-,22-/m1/s1. The molecule has 0 saturated heterocycles. The van der Waals surface area contributed by atoms with Gasteiger partial charge in [-0.15, -0.1) is 0 Å². The number of nitrogens with zero attached hydrogens (tertiary/aromatic N) is 3. The van der Waals surface area contributed by atoms with Crippen LogP contribution in [-0.2, 0) is 11.3 Å². The third-order valence-electron chi connectivity index (χ3n) is 6.52. The second-order valence-electron chi connectivity index (χ2n) is 8.99. The highest BCUT2D eigenvalue weighted by Gasteiger charge is 2.35. The van der Waals surface area contributed by atoms with E-state index in [1.54, 1.807) is 32.2 Å². The highest BCUT2D eigenvalue weighted by atomic mass is 35.5. The van der Waals surface area contributed by atoms with Crippen molar-refractivity contribution in [2.75, 3.05) is 26.1 Å². The Morgan fingerprint density at radius 2 is 2.10 bits per heavy atom. The fraction of sp³-hybridized carbons (Fsp3) is 0.259. The molecule has 0 unspecified atom stereocenters. The third kappa shape index (κ3) is 5.92. The largest absolute Gasteiger partial charge is 0.497 e. The van der Waals surface area contributed by atoms with Crippen LogP contribution in [0.5, 0.6) is 5.75 Å². The van der Waals surface area contributed by atoms with Crippen LogP contribution in [0.4, 0.5) is 10.3 Å². The van der Waals surface area contributed by atoms with Gasteiger partial charge in [-0.2, -0.15) is 0 Å². The Kier molecular flexibility index (Phi) is 8.70. The summed E-state index contributed by atoms with van der Waals surface area (Å²) < 4.78 is 19.1. The SMILES string of the molecule is CN/C(=C\N)Nc1ncc(Cl)c(-c2ccc3c(c2)C(=O)N([C@H](C)C(=O)N[C@H](CO)c2cc(F)cc(OC)c2)C3)n1. The van der Waals surface area contributed by atoms with Gasteiger partial charge in [0.15, 0.2) is 0 Å². The summed E-state index contributed by atoms with van der Waals surface area (Å²) in [5.74, 6) is -0.437. The van der Waals surface area contributed by atoms with Crippen LogP contribution in [0.25, 0.3) is 11.3 Å². The highest BCUT2D eigenvalue weighted by Crippen LogP contribution is 2.32. The molecular formula is C27H29ClFN7O4. The van der Waals surface area contributed by atoms with Crippen LogP contribution < -0.4 is 26.4 Å². The fourth-order valence-electron chi connectivity index (χ4n) is 4.29. The maximum absolute atomic E-state index is 14.0. The lowest BCUT2D eigenvalue weighted by atomic mass is 10.0. The molecular weight excluding hydrogens is 541 g/mol. The van der Waals surface area contributed by atoms with Crippen LogP contribution in [0.3, 0.4) is 0 Å². The molecule has 2 aromatic carbocycles. The van der Waals surface area contributed by atoms with E-state index < -0.39 is 30.4 Å². The Labute approximate surface area is 235 Å². The van der Waals surface area contributed by atoms with Gasteiger partial charge < -0.3 is 36.4 Å². The maximum atomic E-state index is 14.0. The molecule has 13 heteroatoms. The van der Waals surface area contributed by atoms with E-state index in [9.17, 15) is 19.1 Å². The first-order valence-electron chi connectivity index (χ1n) is 12.3. The van der Waals surface area contributed by atoms with Gasteiger partial charge in [0.1, 0.15) is 23.4 Å². The predicted octanol–water partition coefficient (Wildman–Crippen LogP) is 2.53. The number of aliphatic hydroxyl groups is 1. The fourth-order valence-corrected chi connectivity index (χ4v) is 4.49. The number of aromatic nitrogens is 2. The molecule has 0 saturated carbocycles. The molecule has 2 atom stereocenters. The molecule has 0 bridgehead atoms. The first kappa shape index (κ1) is 28.6. The van der Waals surface area contributed by atoms with Crippen molar-refractivity contribution in [3.05, 3.63) is 82.1 Å². The zero-order valence-electron chi connectivity index (χ0n) is 22.0. The number of halogens is 2. The normalized spacial score (nSPS) is 14.4. The van der Waals surface area contributed by atoms with Crippen molar-refractivity contribution in [3.63, 3.8) is 0 Å². The minimum Gasteiger partial charge on any atom is -0.497 e. The number of ether oxygens (including phenoxy) is 1. The summed E-state index contributed by atoms with van der Waals surface area (Å²) in [5.41, 5.74) is 8.02. The number of carbonyl (C=O) groups is 2. The summed E-state index contributed by atoms with van der Waals surface area (Å²) in [7, 11) is 3.08. The van der Waals surface area contributed by atoms with Gasteiger partial charge in [0, 0.05) is 37.0 Å². The first-order chi connectivity index (χ1) is 19.2. The number of hydrogen-bond donors (Lipinski definition) is 5.